The van der Waals surface area contributed by atoms with Gasteiger partial charge in [0, 0.05) is 38.6 Å². The highest BCUT2D eigenvalue weighted by atomic mass is 32.2. The molecule has 2 saturated heterocycles. The summed E-state index contributed by atoms with van der Waals surface area (Å²) in [4.78, 5) is 14.0. The molecule has 0 N–H and O–H groups in total. The maximum atomic E-state index is 5.48. The molecule has 4 heterocycles. The number of ether oxygens (including phenoxy) is 2. The maximum absolute atomic E-state index is 5.48. The van der Waals surface area contributed by atoms with E-state index in [9.17, 15) is 0 Å². The minimum Gasteiger partial charge on any atom is -0.378 e. The number of morpholine rings is 2. The van der Waals surface area contributed by atoms with Gasteiger partial charge in [0.05, 0.1) is 37.8 Å². The number of nitrogens with zero attached hydrogens (tertiary/aromatic N) is 4. The molecule has 2 aliphatic heterocycles. The van der Waals surface area contributed by atoms with E-state index in [1.165, 1.54) is 0 Å². The fourth-order valence-corrected chi connectivity index (χ4v) is 4.12. The Kier molecular flexibility index (Phi) is 5.34. The zero-order valence-electron chi connectivity index (χ0n) is 14.1. The summed E-state index contributed by atoms with van der Waals surface area (Å²) in [6.45, 7) is 6.66. The van der Waals surface area contributed by atoms with Crippen LogP contribution in [0, 0.1) is 0 Å². The lowest BCUT2D eigenvalue weighted by atomic mass is 10.3. The SMILES string of the molecule is c1cnc(Sc2ncccc2N2CCOCC2)c(N2CCOCC2)c1. The summed E-state index contributed by atoms with van der Waals surface area (Å²) in [7, 11) is 0. The van der Waals surface area contributed by atoms with Gasteiger partial charge < -0.3 is 19.3 Å². The normalized spacial score (nSPS) is 18.4. The van der Waals surface area contributed by atoms with Gasteiger partial charge in [-0.25, -0.2) is 9.97 Å². The predicted octanol–water partition coefficient (Wildman–Crippen LogP) is 2.30. The van der Waals surface area contributed by atoms with Crippen molar-refractivity contribution in [2.75, 3.05) is 62.4 Å². The van der Waals surface area contributed by atoms with Crippen LogP contribution in [0.15, 0.2) is 46.7 Å². The smallest absolute Gasteiger partial charge is 0.126 e. The quantitative estimate of drug-likeness (QED) is 0.831. The molecule has 2 fully saturated rings. The number of hydrogen-bond acceptors (Lipinski definition) is 7. The summed E-state index contributed by atoms with van der Waals surface area (Å²) >= 11 is 1.64. The van der Waals surface area contributed by atoms with Crippen molar-refractivity contribution in [3.63, 3.8) is 0 Å². The zero-order valence-corrected chi connectivity index (χ0v) is 15.0. The maximum Gasteiger partial charge on any atom is 0.126 e. The molecule has 0 unspecified atom stereocenters. The summed E-state index contributed by atoms with van der Waals surface area (Å²) in [6.07, 6.45) is 3.70. The van der Waals surface area contributed by atoms with E-state index in [1.807, 2.05) is 24.5 Å². The number of aromatic nitrogens is 2. The Morgan fingerprint density at radius 2 is 1.16 bits per heavy atom. The van der Waals surface area contributed by atoms with Crippen molar-refractivity contribution in [3.05, 3.63) is 36.7 Å². The van der Waals surface area contributed by atoms with Crippen LogP contribution < -0.4 is 9.80 Å². The monoisotopic (exact) mass is 358 g/mol. The zero-order chi connectivity index (χ0) is 16.9. The van der Waals surface area contributed by atoms with Gasteiger partial charge in [-0.15, -0.1) is 0 Å². The third-order valence-corrected chi connectivity index (χ3v) is 5.41. The van der Waals surface area contributed by atoms with Gasteiger partial charge in [-0.3, -0.25) is 0 Å². The summed E-state index contributed by atoms with van der Waals surface area (Å²) in [5.74, 6) is 0. The molecular weight excluding hydrogens is 336 g/mol. The minimum absolute atomic E-state index is 0.765. The second kappa shape index (κ2) is 8.03. The fourth-order valence-electron chi connectivity index (χ4n) is 3.10. The van der Waals surface area contributed by atoms with Crippen LogP contribution >= 0.6 is 11.8 Å². The number of rotatable bonds is 4. The van der Waals surface area contributed by atoms with E-state index >= 15 is 0 Å². The summed E-state index contributed by atoms with van der Waals surface area (Å²) in [5.41, 5.74) is 2.32. The Bertz CT molecular complexity index is 643. The summed E-state index contributed by atoms with van der Waals surface area (Å²) < 4.78 is 11.0. The van der Waals surface area contributed by atoms with E-state index in [4.69, 9.17) is 9.47 Å². The molecule has 0 aromatic carbocycles. The second-order valence-electron chi connectivity index (χ2n) is 5.96. The number of hydrogen-bond donors (Lipinski definition) is 0. The predicted molar refractivity (Wildman–Crippen MR) is 98.7 cm³/mol. The molecule has 6 nitrogen and oxygen atoms in total. The molecule has 2 aromatic rings. The lowest BCUT2D eigenvalue weighted by molar-refractivity contribution is 0.122. The van der Waals surface area contributed by atoms with Crippen molar-refractivity contribution < 1.29 is 9.47 Å². The third-order valence-electron chi connectivity index (χ3n) is 4.40. The van der Waals surface area contributed by atoms with Crippen LogP contribution in [-0.2, 0) is 9.47 Å². The molecule has 132 valence electrons. The first-order chi connectivity index (χ1) is 12.4. The highest BCUT2D eigenvalue weighted by Crippen LogP contribution is 2.37. The lowest BCUT2D eigenvalue weighted by Crippen LogP contribution is -2.37. The average molecular weight is 358 g/mol. The highest BCUT2D eigenvalue weighted by Gasteiger charge is 2.20. The molecular formula is C18H22N4O2S. The van der Waals surface area contributed by atoms with Crippen LogP contribution in [0.3, 0.4) is 0 Å². The van der Waals surface area contributed by atoms with Crippen molar-refractivity contribution in [2.45, 2.75) is 10.1 Å². The van der Waals surface area contributed by atoms with Gasteiger partial charge >= 0.3 is 0 Å². The molecule has 0 aliphatic carbocycles. The largest absolute Gasteiger partial charge is 0.378 e. The number of anilines is 2. The Morgan fingerprint density at radius 3 is 1.60 bits per heavy atom. The highest BCUT2D eigenvalue weighted by molar-refractivity contribution is 7.99. The first-order valence-electron chi connectivity index (χ1n) is 8.65. The van der Waals surface area contributed by atoms with Crippen LogP contribution in [0.2, 0.25) is 0 Å². The van der Waals surface area contributed by atoms with Crippen molar-refractivity contribution in [1.29, 1.82) is 0 Å². The molecule has 2 aliphatic rings. The van der Waals surface area contributed by atoms with E-state index in [2.05, 4.69) is 31.9 Å². The molecule has 0 radical (unpaired) electrons. The fraction of sp³-hybridized carbons (Fsp3) is 0.444. The Labute approximate surface area is 152 Å². The van der Waals surface area contributed by atoms with Gasteiger partial charge in [-0.05, 0) is 36.0 Å². The van der Waals surface area contributed by atoms with E-state index in [0.29, 0.717) is 0 Å². The Hall–Kier alpha value is -1.83. The standard InChI is InChI=1S/C18H22N4O2S/c1-3-15(21-7-11-23-12-8-21)17(19-5-1)25-18-16(4-2-6-20-18)22-9-13-24-14-10-22/h1-6H,7-14H2. The van der Waals surface area contributed by atoms with Gasteiger partial charge in [0.2, 0.25) is 0 Å². The van der Waals surface area contributed by atoms with E-state index in [1.54, 1.807) is 11.8 Å². The molecule has 4 rings (SSSR count). The summed E-state index contributed by atoms with van der Waals surface area (Å²) in [5, 5.41) is 2.00. The van der Waals surface area contributed by atoms with Crippen molar-refractivity contribution in [3.8, 4) is 0 Å². The van der Waals surface area contributed by atoms with Crippen molar-refractivity contribution in [1.82, 2.24) is 9.97 Å². The lowest BCUT2D eigenvalue weighted by Gasteiger charge is -2.31. The van der Waals surface area contributed by atoms with E-state index in [-0.39, 0.29) is 0 Å². The molecule has 0 amide bonds. The van der Waals surface area contributed by atoms with Gasteiger partial charge in [0.25, 0.3) is 0 Å². The minimum atomic E-state index is 0.765. The van der Waals surface area contributed by atoms with Gasteiger partial charge in [0.1, 0.15) is 10.1 Å². The molecule has 0 saturated carbocycles. The van der Waals surface area contributed by atoms with E-state index < -0.39 is 0 Å². The van der Waals surface area contributed by atoms with Crippen molar-refractivity contribution >= 4 is 23.1 Å². The molecule has 2 aromatic heterocycles. The average Bonchev–Trinajstić information content (AvgIpc) is 2.70. The van der Waals surface area contributed by atoms with E-state index in [0.717, 1.165) is 74.0 Å². The third kappa shape index (κ3) is 3.89. The Balaban J connectivity index is 1.60. The first-order valence-corrected chi connectivity index (χ1v) is 9.47. The van der Waals surface area contributed by atoms with Gasteiger partial charge in [-0.1, -0.05) is 0 Å². The first kappa shape index (κ1) is 16.6. The summed E-state index contributed by atoms with van der Waals surface area (Å²) in [6, 6.07) is 8.27. The number of pyridine rings is 2. The van der Waals surface area contributed by atoms with Gasteiger partial charge in [-0.2, -0.15) is 0 Å². The van der Waals surface area contributed by atoms with Crippen LogP contribution in [-0.4, -0.2) is 62.6 Å². The van der Waals surface area contributed by atoms with Crippen LogP contribution in [0.5, 0.6) is 0 Å². The Morgan fingerprint density at radius 1 is 0.720 bits per heavy atom. The van der Waals surface area contributed by atoms with Crippen LogP contribution in [0.25, 0.3) is 0 Å². The van der Waals surface area contributed by atoms with Crippen LogP contribution in [0.4, 0.5) is 11.4 Å². The molecule has 0 bridgehead atoms. The molecule has 0 atom stereocenters. The van der Waals surface area contributed by atoms with Crippen molar-refractivity contribution in [2.24, 2.45) is 0 Å². The van der Waals surface area contributed by atoms with Gasteiger partial charge in [0.15, 0.2) is 0 Å². The molecule has 0 spiro atoms. The molecule has 25 heavy (non-hydrogen) atoms. The second-order valence-corrected chi connectivity index (χ2v) is 6.93. The molecule has 7 heteroatoms. The van der Waals surface area contributed by atoms with Crippen LogP contribution in [0.1, 0.15) is 0 Å². The topological polar surface area (TPSA) is 50.7 Å².